The van der Waals surface area contributed by atoms with Crippen molar-refractivity contribution < 1.29 is 33.7 Å². The van der Waals surface area contributed by atoms with Crippen molar-refractivity contribution in [2.45, 2.75) is 52.1 Å². The van der Waals surface area contributed by atoms with Crippen LogP contribution >= 0.6 is 0 Å². The topological polar surface area (TPSA) is 99.1 Å². The van der Waals surface area contributed by atoms with E-state index in [0.29, 0.717) is 24.0 Å². The number of hydrogen-bond acceptors (Lipinski definition) is 7. The molecule has 0 aromatic heterocycles. The van der Waals surface area contributed by atoms with Gasteiger partial charge < -0.3 is 19.3 Å². The van der Waals surface area contributed by atoms with E-state index in [0.717, 1.165) is 5.57 Å². The van der Waals surface area contributed by atoms with Gasteiger partial charge in [-0.15, -0.1) is 0 Å². The summed E-state index contributed by atoms with van der Waals surface area (Å²) in [6, 6.07) is 0. The Morgan fingerprint density at radius 3 is 2.58 bits per heavy atom. The fraction of sp³-hybridized carbons (Fsp3) is 0.526. The maximum atomic E-state index is 12.3. The Morgan fingerprint density at radius 2 is 1.92 bits per heavy atom. The summed E-state index contributed by atoms with van der Waals surface area (Å²) in [5.41, 5.74) is 1.34. The van der Waals surface area contributed by atoms with Crippen LogP contribution in [0.1, 0.15) is 33.6 Å². The lowest BCUT2D eigenvalue weighted by Gasteiger charge is -2.33. The summed E-state index contributed by atoms with van der Waals surface area (Å²) in [5.74, 6) is -1.60. The van der Waals surface area contributed by atoms with Crippen LogP contribution in [-0.2, 0) is 28.6 Å². The largest absolute Gasteiger partial charge is 0.458 e. The molecule has 2 aliphatic carbocycles. The first-order valence-corrected chi connectivity index (χ1v) is 8.62. The molecule has 0 unspecified atom stereocenters. The number of aliphatic hydroxyl groups excluding tert-OH is 1. The molecule has 2 heterocycles. The van der Waals surface area contributed by atoms with Crippen LogP contribution < -0.4 is 0 Å². The van der Waals surface area contributed by atoms with Gasteiger partial charge in [-0.25, -0.2) is 9.59 Å². The fourth-order valence-corrected chi connectivity index (χ4v) is 4.28. The number of fused-ring (bicyclic) bond motifs is 2. The van der Waals surface area contributed by atoms with Gasteiger partial charge in [-0.3, -0.25) is 4.79 Å². The second-order valence-corrected chi connectivity index (χ2v) is 7.62. The second kappa shape index (κ2) is 5.54. The zero-order valence-electron chi connectivity index (χ0n) is 14.8. The first-order chi connectivity index (χ1) is 12.2. The zero-order valence-corrected chi connectivity index (χ0v) is 14.8. The Balaban J connectivity index is 1.62. The molecular weight excluding hydrogens is 340 g/mol. The van der Waals surface area contributed by atoms with E-state index in [2.05, 4.69) is 0 Å². The van der Waals surface area contributed by atoms with Gasteiger partial charge in [0.1, 0.15) is 11.9 Å². The van der Waals surface area contributed by atoms with E-state index in [9.17, 15) is 19.5 Å². The van der Waals surface area contributed by atoms with Gasteiger partial charge in [0.25, 0.3) is 6.29 Å². The van der Waals surface area contributed by atoms with Gasteiger partial charge in [0.05, 0.1) is 23.9 Å². The minimum atomic E-state index is -0.902. The molecule has 0 bridgehead atoms. The number of rotatable bonds is 2. The maximum Gasteiger partial charge on any atom is 0.338 e. The Morgan fingerprint density at radius 1 is 1.19 bits per heavy atom. The molecule has 1 fully saturated rings. The highest BCUT2D eigenvalue weighted by Gasteiger charge is 2.58. The van der Waals surface area contributed by atoms with Gasteiger partial charge in [-0.2, -0.15) is 0 Å². The quantitative estimate of drug-likeness (QED) is 0.343. The van der Waals surface area contributed by atoms with Crippen LogP contribution in [0.25, 0.3) is 0 Å². The molecule has 7 heteroatoms. The molecule has 0 aromatic carbocycles. The van der Waals surface area contributed by atoms with Crippen molar-refractivity contribution in [3.8, 4) is 0 Å². The predicted octanol–water partition coefficient (Wildman–Crippen LogP) is 1.32. The lowest BCUT2D eigenvalue weighted by Crippen LogP contribution is -2.35. The Kier molecular flexibility index (Phi) is 3.63. The molecule has 4 rings (SSSR count). The molecule has 0 amide bonds. The van der Waals surface area contributed by atoms with Crippen molar-refractivity contribution in [1.82, 2.24) is 0 Å². The van der Waals surface area contributed by atoms with E-state index in [1.807, 2.05) is 0 Å². The van der Waals surface area contributed by atoms with Crippen molar-refractivity contribution in [2.75, 3.05) is 0 Å². The lowest BCUT2D eigenvalue weighted by atomic mass is 9.71. The normalized spacial score (nSPS) is 36.7. The number of Topliss-reactive ketones (excluding diaryl/α,β-unsaturated/α-hetero) is 1. The number of hydrogen-bond donors (Lipinski definition) is 1. The van der Waals surface area contributed by atoms with Crippen molar-refractivity contribution in [3.05, 3.63) is 34.6 Å². The zero-order chi connectivity index (χ0) is 18.8. The highest BCUT2D eigenvalue weighted by molar-refractivity contribution is 5.95. The van der Waals surface area contributed by atoms with Crippen LogP contribution in [0.15, 0.2) is 34.6 Å². The molecule has 4 aliphatic rings. The Hall–Kier alpha value is -2.41. The molecule has 4 atom stereocenters. The van der Waals surface area contributed by atoms with Gasteiger partial charge in [0.15, 0.2) is 0 Å². The van der Waals surface area contributed by atoms with Gasteiger partial charge >= 0.3 is 11.9 Å². The third kappa shape index (κ3) is 2.26. The molecule has 1 saturated heterocycles. The molecule has 26 heavy (non-hydrogen) atoms. The first-order valence-electron chi connectivity index (χ1n) is 8.62. The molecular formula is C19H20O7. The minimum absolute atomic E-state index is 0.0762. The molecule has 7 nitrogen and oxygen atoms in total. The number of cyclic esters (lactones) is 1. The molecule has 1 N–H and O–H groups in total. The number of ketones is 1. The van der Waals surface area contributed by atoms with Crippen LogP contribution in [-0.4, -0.2) is 41.3 Å². The third-order valence-corrected chi connectivity index (χ3v) is 5.73. The molecule has 2 aliphatic heterocycles. The van der Waals surface area contributed by atoms with E-state index in [-0.39, 0.29) is 11.4 Å². The average Bonchev–Trinajstić information content (AvgIpc) is 3.15. The SMILES string of the molecule is CC1=C[C@H](OC=C2C(=O)O[C@@H]3C4=C(CCC(=O)C4(C)C)[C@@H](O)[C@H]23)OC1=O. The summed E-state index contributed by atoms with van der Waals surface area (Å²) in [5, 5.41) is 10.8. The average molecular weight is 360 g/mol. The van der Waals surface area contributed by atoms with E-state index >= 15 is 0 Å². The number of aliphatic hydroxyl groups is 1. The van der Waals surface area contributed by atoms with Crippen molar-refractivity contribution in [2.24, 2.45) is 11.3 Å². The first kappa shape index (κ1) is 17.0. The lowest BCUT2D eigenvalue weighted by molar-refractivity contribution is -0.152. The summed E-state index contributed by atoms with van der Waals surface area (Å²) in [7, 11) is 0. The van der Waals surface area contributed by atoms with Gasteiger partial charge in [0.2, 0.25) is 0 Å². The van der Waals surface area contributed by atoms with Crippen LogP contribution in [0.5, 0.6) is 0 Å². The van der Waals surface area contributed by atoms with E-state index in [1.54, 1.807) is 20.8 Å². The van der Waals surface area contributed by atoms with Crippen LogP contribution in [0.4, 0.5) is 0 Å². The highest BCUT2D eigenvalue weighted by Crippen LogP contribution is 2.53. The Labute approximate surface area is 150 Å². The van der Waals surface area contributed by atoms with Crippen molar-refractivity contribution in [3.63, 3.8) is 0 Å². The summed E-state index contributed by atoms with van der Waals surface area (Å²) in [6.07, 6.45) is 1.09. The molecule has 0 aromatic rings. The summed E-state index contributed by atoms with van der Waals surface area (Å²) in [6.45, 7) is 5.21. The number of carbonyl (C=O) groups is 3. The smallest absolute Gasteiger partial charge is 0.338 e. The third-order valence-electron chi connectivity index (χ3n) is 5.73. The van der Waals surface area contributed by atoms with E-state index < -0.39 is 41.8 Å². The number of carbonyl (C=O) groups excluding carboxylic acids is 3. The summed E-state index contributed by atoms with van der Waals surface area (Å²) in [4.78, 5) is 36.0. The van der Waals surface area contributed by atoms with E-state index in [1.165, 1.54) is 12.3 Å². The second-order valence-electron chi connectivity index (χ2n) is 7.62. The van der Waals surface area contributed by atoms with Gasteiger partial charge in [-0.1, -0.05) is 0 Å². The van der Waals surface area contributed by atoms with Crippen molar-refractivity contribution >= 4 is 17.7 Å². The van der Waals surface area contributed by atoms with Crippen LogP contribution in [0.2, 0.25) is 0 Å². The van der Waals surface area contributed by atoms with Crippen molar-refractivity contribution in [1.29, 1.82) is 0 Å². The summed E-state index contributed by atoms with van der Waals surface area (Å²) >= 11 is 0. The predicted molar refractivity (Wildman–Crippen MR) is 87.2 cm³/mol. The maximum absolute atomic E-state index is 12.3. The van der Waals surface area contributed by atoms with Gasteiger partial charge in [-0.05, 0) is 38.3 Å². The number of esters is 2. The van der Waals surface area contributed by atoms with Crippen LogP contribution in [0, 0.1) is 11.3 Å². The highest BCUT2D eigenvalue weighted by atomic mass is 16.7. The van der Waals surface area contributed by atoms with E-state index in [4.69, 9.17) is 14.2 Å². The standard InChI is InChI=1S/C19H20O7/c1-8-6-12(25-17(8)22)24-7-10-13-15(21)9-4-5-11(20)19(2,3)14(9)16(13)26-18(10)23/h6-7,12-13,15-16,21H,4-5H2,1-3H3/t12-,13+,15-,16+/m1/s1. The monoisotopic (exact) mass is 360 g/mol. The molecule has 0 saturated carbocycles. The Bertz CT molecular complexity index is 814. The molecule has 138 valence electrons. The summed E-state index contributed by atoms with van der Waals surface area (Å²) < 4.78 is 15.9. The molecule has 0 radical (unpaired) electrons. The number of ether oxygens (including phenoxy) is 3. The fourth-order valence-electron chi connectivity index (χ4n) is 4.28. The van der Waals surface area contributed by atoms with Crippen LogP contribution in [0.3, 0.4) is 0 Å². The van der Waals surface area contributed by atoms with Gasteiger partial charge in [0, 0.05) is 23.5 Å². The molecule has 0 spiro atoms. The minimum Gasteiger partial charge on any atom is -0.458 e.